The number of hydrogen-bond acceptors (Lipinski definition) is 7. The number of para-hydroxylation sites is 1. The Morgan fingerprint density at radius 1 is 1.15 bits per heavy atom. The molecule has 2 aromatic carbocycles. The molecule has 1 unspecified atom stereocenters. The van der Waals surface area contributed by atoms with Gasteiger partial charge >= 0.3 is 17.4 Å². The molecule has 2 aromatic heterocycles. The number of aryl methyl sites for hydroxylation is 1. The van der Waals surface area contributed by atoms with E-state index in [-0.39, 0.29) is 17.2 Å². The predicted octanol–water partition coefficient (Wildman–Crippen LogP) is 5.79. The third kappa shape index (κ3) is 5.16. The van der Waals surface area contributed by atoms with Gasteiger partial charge in [-0.25, -0.2) is 4.90 Å². The van der Waals surface area contributed by atoms with Crippen molar-refractivity contribution in [2.24, 2.45) is 0 Å². The lowest BCUT2D eigenvalue weighted by Crippen LogP contribution is -2.60. The van der Waals surface area contributed by atoms with Crippen LogP contribution in [0.2, 0.25) is 0 Å². The lowest BCUT2D eigenvalue weighted by molar-refractivity contribution is -0.764. The van der Waals surface area contributed by atoms with Crippen molar-refractivity contribution in [3.8, 4) is 22.6 Å². The van der Waals surface area contributed by atoms with Crippen molar-refractivity contribution < 1.29 is 18.8 Å². The first kappa shape index (κ1) is 27.3. The largest absolute Gasteiger partial charge is 0.452 e. The van der Waals surface area contributed by atoms with E-state index in [1.54, 1.807) is 46.8 Å². The highest BCUT2D eigenvalue weighted by Crippen LogP contribution is 2.39. The molecule has 1 N–H and O–H groups in total. The minimum atomic E-state index is -0.851. The summed E-state index contributed by atoms with van der Waals surface area (Å²) < 4.78 is 7.88. The number of furan rings is 1. The molecule has 0 radical (unpaired) electrons. The predicted molar refractivity (Wildman–Crippen MR) is 152 cm³/mol. The monoisotopic (exact) mass is 560 g/mol. The van der Waals surface area contributed by atoms with Gasteiger partial charge in [0.2, 0.25) is 11.1 Å². The number of amides is 1. The molecule has 10 nitrogen and oxygen atoms in total. The first-order valence-corrected chi connectivity index (χ1v) is 14.2. The fraction of sp³-hybridized carbons (Fsp3) is 0.310. The Bertz CT molecular complexity index is 1650. The number of aromatic nitrogens is 3. The third-order valence-corrected chi connectivity index (χ3v) is 7.85. The van der Waals surface area contributed by atoms with E-state index in [9.17, 15) is 19.7 Å². The molecular weight excluding hydrogens is 530 g/mol. The molecule has 0 saturated heterocycles. The summed E-state index contributed by atoms with van der Waals surface area (Å²) >= 11 is 1.48. The molecule has 1 atom stereocenters. The Balaban J connectivity index is 1.61. The molecule has 1 amide bonds. The van der Waals surface area contributed by atoms with Crippen LogP contribution in [0, 0.1) is 17.0 Å². The summed E-state index contributed by atoms with van der Waals surface area (Å²) in [5.41, 5.74) is 2.57. The second-order valence-corrected chi connectivity index (χ2v) is 10.8. The van der Waals surface area contributed by atoms with E-state index < -0.39 is 11.1 Å². The van der Waals surface area contributed by atoms with Crippen LogP contribution >= 0.6 is 11.8 Å². The van der Waals surface area contributed by atoms with Gasteiger partial charge in [0, 0.05) is 35.5 Å². The van der Waals surface area contributed by atoms with E-state index in [4.69, 9.17) is 9.52 Å². The molecule has 0 spiro atoms. The average molecular weight is 561 g/mol. The van der Waals surface area contributed by atoms with Gasteiger partial charge in [0.25, 0.3) is 5.69 Å². The fourth-order valence-corrected chi connectivity index (χ4v) is 5.86. The minimum absolute atomic E-state index is 0.00713. The van der Waals surface area contributed by atoms with Crippen LogP contribution in [0.5, 0.6) is 0 Å². The number of nitrogens with zero attached hydrogens (tertiary/aromatic N) is 4. The number of H-pyrrole nitrogens is 1. The normalized spacial score (nSPS) is 14.1. The molecule has 0 bridgehead atoms. The van der Waals surface area contributed by atoms with Gasteiger partial charge < -0.3 is 4.42 Å². The van der Waals surface area contributed by atoms with Crippen molar-refractivity contribution in [1.29, 1.82) is 0 Å². The number of carbonyl (C=O) groups excluding carboxylic acids is 1. The van der Waals surface area contributed by atoms with E-state index in [2.05, 4.69) is 11.9 Å². The number of nitro groups is 1. The summed E-state index contributed by atoms with van der Waals surface area (Å²) in [5, 5.41) is 16.5. The van der Waals surface area contributed by atoms with E-state index in [0.717, 1.165) is 31.4 Å². The maximum atomic E-state index is 13.5. The van der Waals surface area contributed by atoms with E-state index in [0.29, 0.717) is 44.7 Å². The van der Waals surface area contributed by atoms with Crippen molar-refractivity contribution in [2.45, 2.75) is 57.8 Å². The molecule has 4 aromatic rings. The van der Waals surface area contributed by atoms with Crippen molar-refractivity contribution >= 4 is 29.0 Å². The number of unbranched alkanes of at least 4 members (excludes halogenated alkanes) is 3. The topological polar surface area (TPSA) is 126 Å². The molecule has 3 heterocycles. The Labute approximate surface area is 235 Å². The van der Waals surface area contributed by atoms with Gasteiger partial charge in [0.1, 0.15) is 5.76 Å². The molecular formula is C29H30N5O5S+. The van der Waals surface area contributed by atoms with Crippen molar-refractivity contribution in [3.05, 3.63) is 86.4 Å². The molecule has 40 heavy (non-hydrogen) atoms. The number of carbonyl (C=O) groups is 1. The summed E-state index contributed by atoms with van der Waals surface area (Å²) in [6, 6.07) is 15.3. The highest BCUT2D eigenvalue weighted by Gasteiger charge is 2.46. The first-order chi connectivity index (χ1) is 19.3. The van der Waals surface area contributed by atoms with Crippen LogP contribution in [-0.4, -0.2) is 26.7 Å². The summed E-state index contributed by atoms with van der Waals surface area (Å²) in [6.07, 6.45) is 3.56. The second-order valence-electron chi connectivity index (χ2n) is 9.70. The standard InChI is InChI=1S/C29H29N5O5S/c1-4-5-6-9-16-40-29-30-27(36)26-22-10-7-8-11-23(22)32(19(3)35)28(33(26)31-29)25-15-14-24(39-25)21-13-12-20(34(37)38)17-18(21)2/h7-8,10-15,17,28H,4-6,9,16H2,1-3H3/p+1. The van der Waals surface area contributed by atoms with Crippen LogP contribution in [0.4, 0.5) is 11.4 Å². The Kier molecular flexibility index (Phi) is 7.83. The van der Waals surface area contributed by atoms with Crippen LogP contribution in [-0.2, 0) is 4.79 Å². The van der Waals surface area contributed by atoms with Gasteiger partial charge in [-0.15, -0.1) is 0 Å². The van der Waals surface area contributed by atoms with Crippen molar-refractivity contribution in [1.82, 2.24) is 10.1 Å². The summed E-state index contributed by atoms with van der Waals surface area (Å²) in [6.45, 7) is 5.41. The lowest BCUT2D eigenvalue weighted by Gasteiger charge is -2.30. The summed E-state index contributed by atoms with van der Waals surface area (Å²) in [7, 11) is 0. The van der Waals surface area contributed by atoms with Gasteiger partial charge in [-0.2, -0.15) is 0 Å². The van der Waals surface area contributed by atoms with Crippen LogP contribution in [0.15, 0.2) is 69.0 Å². The van der Waals surface area contributed by atoms with Crippen LogP contribution in [0.3, 0.4) is 0 Å². The number of thioether (sulfide) groups is 1. The van der Waals surface area contributed by atoms with Crippen molar-refractivity contribution in [3.63, 3.8) is 0 Å². The molecule has 1 aliphatic rings. The molecule has 5 rings (SSSR count). The molecule has 1 aliphatic heterocycles. The zero-order valence-corrected chi connectivity index (χ0v) is 23.4. The summed E-state index contributed by atoms with van der Waals surface area (Å²) in [5.74, 6) is 1.46. The lowest BCUT2D eigenvalue weighted by atomic mass is 10.0. The van der Waals surface area contributed by atoms with Crippen molar-refractivity contribution in [2.75, 3.05) is 10.7 Å². The van der Waals surface area contributed by atoms with E-state index >= 15 is 0 Å². The molecule has 0 fully saturated rings. The van der Waals surface area contributed by atoms with Gasteiger partial charge in [-0.1, -0.05) is 50.1 Å². The van der Waals surface area contributed by atoms with Crippen LogP contribution in [0.1, 0.15) is 57.0 Å². The Hall–Kier alpha value is -4.25. The van der Waals surface area contributed by atoms with Crippen LogP contribution in [0.25, 0.3) is 22.6 Å². The minimum Gasteiger partial charge on any atom is -0.452 e. The van der Waals surface area contributed by atoms with E-state index in [1.165, 1.54) is 30.8 Å². The van der Waals surface area contributed by atoms with Gasteiger partial charge in [-0.05, 0) is 53.9 Å². The molecule has 0 aliphatic carbocycles. The first-order valence-electron chi connectivity index (χ1n) is 13.2. The number of benzene rings is 2. The van der Waals surface area contributed by atoms with Gasteiger partial charge in [0.15, 0.2) is 5.76 Å². The Morgan fingerprint density at radius 3 is 2.67 bits per heavy atom. The third-order valence-electron chi connectivity index (χ3n) is 6.90. The van der Waals surface area contributed by atoms with E-state index in [1.807, 2.05) is 12.1 Å². The fourth-order valence-electron chi connectivity index (χ4n) is 5.01. The second kappa shape index (κ2) is 11.5. The number of aromatic amines is 1. The zero-order valence-electron chi connectivity index (χ0n) is 22.5. The zero-order chi connectivity index (χ0) is 28.4. The van der Waals surface area contributed by atoms with Gasteiger partial charge in [-0.3, -0.25) is 24.7 Å². The maximum Gasteiger partial charge on any atom is 0.325 e. The highest BCUT2D eigenvalue weighted by atomic mass is 32.2. The quantitative estimate of drug-likeness (QED) is 0.0903. The molecule has 11 heteroatoms. The number of fused-ring (bicyclic) bond motifs is 3. The summed E-state index contributed by atoms with van der Waals surface area (Å²) in [4.78, 5) is 41.9. The number of anilines is 1. The highest BCUT2D eigenvalue weighted by molar-refractivity contribution is 7.99. The number of nitro benzene ring substituents is 1. The number of rotatable bonds is 9. The van der Waals surface area contributed by atoms with Gasteiger partial charge in [0.05, 0.1) is 16.2 Å². The molecule has 0 saturated carbocycles. The smallest absolute Gasteiger partial charge is 0.325 e. The van der Waals surface area contributed by atoms with Crippen LogP contribution < -0.4 is 15.1 Å². The number of hydrogen-bond donors (Lipinski definition) is 1. The Morgan fingerprint density at radius 2 is 1.95 bits per heavy atom. The number of non-ortho nitro benzene ring substituents is 1. The SMILES string of the molecule is CCCCCCSc1n[n+]2c(c(=O)[nH]1)-c1ccccc1N(C(C)=O)C2c1ccc(-c2ccc([N+](=O)[O-])cc2C)o1. The molecule has 206 valence electrons. The average Bonchev–Trinajstić information content (AvgIpc) is 3.41. The number of nitrogens with one attached hydrogen (secondary N) is 1. The maximum absolute atomic E-state index is 13.5.